The highest BCUT2D eigenvalue weighted by molar-refractivity contribution is 6.06. The van der Waals surface area contributed by atoms with Gasteiger partial charge in [0.1, 0.15) is 23.6 Å². The van der Waals surface area contributed by atoms with E-state index in [2.05, 4.69) is 15.6 Å². The molecule has 0 spiro atoms. The Hall–Kier alpha value is -4.16. The lowest BCUT2D eigenvalue weighted by molar-refractivity contribution is -0.138. The topological polar surface area (TPSA) is 141 Å². The van der Waals surface area contributed by atoms with Crippen LogP contribution >= 0.6 is 0 Å². The van der Waals surface area contributed by atoms with Crippen LogP contribution in [0.5, 0.6) is 11.5 Å². The molecule has 0 radical (unpaired) electrons. The second-order valence-corrected chi connectivity index (χ2v) is 11.5. The monoisotopic (exact) mass is 578 g/mol. The average Bonchev–Trinajstić information content (AvgIpc) is 3.28. The molecular weight excluding hydrogens is 544 g/mol. The van der Waals surface area contributed by atoms with Crippen molar-refractivity contribution in [1.82, 2.24) is 20.5 Å². The van der Waals surface area contributed by atoms with E-state index in [0.717, 1.165) is 0 Å². The van der Waals surface area contributed by atoms with E-state index in [-0.39, 0.29) is 42.7 Å². The van der Waals surface area contributed by atoms with Crippen molar-refractivity contribution < 1.29 is 37.7 Å². The number of hydrogen-bond donors (Lipinski definition) is 2. The minimum Gasteiger partial charge on any atom is -0.495 e. The molecule has 1 saturated heterocycles. The van der Waals surface area contributed by atoms with Gasteiger partial charge in [0.25, 0.3) is 11.8 Å². The minimum absolute atomic E-state index is 0.00861. The Kier molecular flexibility index (Phi) is 7.06. The first-order valence-electron chi connectivity index (χ1n) is 13.9. The molecule has 1 aliphatic carbocycles. The van der Waals surface area contributed by atoms with Crippen LogP contribution in [0.4, 0.5) is 0 Å². The molecule has 2 fully saturated rings. The lowest BCUT2D eigenvalue weighted by atomic mass is 9.83. The number of aromatic nitrogens is 1. The second kappa shape index (κ2) is 10.6. The number of fused-ring (bicyclic) bond motifs is 3. The normalized spacial score (nSPS) is 24.5. The molecule has 6 rings (SSSR count). The molecule has 1 atom stereocenters. The highest BCUT2D eigenvalue weighted by Crippen LogP contribution is 2.42. The molecule has 2 aromatic heterocycles. The summed E-state index contributed by atoms with van der Waals surface area (Å²) in [7, 11) is 3.17. The molecule has 3 aromatic rings. The van der Waals surface area contributed by atoms with Gasteiger partial charge in [-0.25, -0.2) is 0 Å². The van der Waals surface area contributed by atoms with Crippen molar-refractivity contribution in [2.45, 2.75) is 56.5 Å². The Balaban J connectivity index is 1.30. The summed E-state index contributed by atoms with van der Waals surface area (Å²) < 4.78 is 28.3. The fourth-order valence-corrected chi connectivity index (χ4v) is 5.72. The van der Waals surface area contributed by atoms with Gasteiger partial charge < -0.3 is 38.9 Å². The molecule has 0 bridgehead atoms. The summed E-state index contributed by atoms with van der Waals surface area (Å²) in [5.41, 5.74) is -0.489. The van der Waals surface area contributed by atoms with Crippen molar-refractivity contribution in [2.75, 3.05) is 34.0 Å². The summed E-state index contributed by atoms with van der Waals surface area (Å²) >= 11 is 0. The Morgan fingerprint density at radius 1 is 1.14 bits per heavy atom. The van der Waals surface area contributed by atoms with Gasteiger partial charge in [0.05, 0.1) is 43.9 Å². The number of nitrogens with zero attached hydrogens (tertiary/aromatic N) is 2. The first-order chi connectivity index (χ1) is 20.2. The molecule has 1 aromatic carbocycles. The standard InChI is InChI=1S/C30H34N4O8/c1-29(14-40-15-29)33-26(35)17-7-8-20-23(10-17)42-25-24(20)41-16-30(2,34(27(25)36)18-11-19(12-18)38-3)28(37)32-13-21-22(39-4)6-5-9-31-21/h5-10,18-19H,11-16H2,1-4H3,(H,32,37)(H,33,35)/t18-,19+,30?. The van der Waals surface area contributed by atoms with E-state index >= 15 is 0 Å². The summed E-state index contributed by atoms with van der Waals surface area (Å²) in [4.78, 5) is 46.8. The Labute approximate surface area is 242 Å². The van der Waals surface area contributed by atoms with Gasteiger partial charge in [-0.2, -0.15) is 0 Å². The number of methoxy groups -OCH3 is 2. The average molecular weight is 579 g/mol. The van der Waals surface area contributed by atoms with E-state index < -0.39 is 22.9 Å². The molecule has 12 nitrogen and oxygen atoms in total. The lowest BCUT2D eigenvalue weighted by Gasteiger charge is -2.48. The molecule has 2 N–H and O–H groups in total. The van der Waals surface area contributed by atoms with Crippen LogP contribution in [0.15, 0.2) is 40.9 Å². The van der Waals surface area contributed by atoms with Crippen molar-refractivity contribution in [2.24, 2.45) is 0 Å². The predicted molar refractivity (Wildman–Crippen MR) is 149 cm³/mol. The van der Waals surface area contributed by atoms with Gasteiger partial charge in [-0.15, -0.1) is 0 Å². The molecule has 12 heteroatoms. The lowest BCUT2D eigenvalue weighted by Crippen LogP contribution is -2.66. The molecule has 42 heavy (non-hydrogen) atoms. The zero-order chi connectivity index (χ0) is 29.6. The van der Waals surface area contributed by atoms with Crippen molar-refractivity contribution in [3.63, 3.8) is 0 Å². The SMILES string of the molecule is COc1cccnc1CNC(=O)C1(C)COc2c(oc3cc(C(=O)NC4(C)COC4)ccc23)C(=O)N1[C@H]1C[C@@H](OC)C1. The number of rotatable bonds is 8. The van der Waals surface area contributed by atoms with Crippen LogP contribution in [0.3, 0.4) is 0 Å². The van der Waals surface area contributed by atoms with E-state index in [1.807, 2.05) is 6.92 Å². The number of nitrogens with one attached hydrogen (secondary N) is 2. The maximum atomic E-state index is 14.2. The first-order valence-corrected chi connectivity index (χ1v) is 13.9. The fourth-order valence-electron chi connectivity index (χ4n) is 5.72. The molecule has 2 aliphatic heterocycles. The third-order valence-electron chi connectivity index (χ3n) is 8.35. The summed E-state index contributed by atoms with van der Waals surface area (Å²) in [6.07, 6.45) is 2.75. The van der Waals surface area contributed by atoms with Crippen molar-refractivity contribution in [3.8, 4) is 11.5 Å². The maximum Gasteiger partial charge on any atom is 0.294 e. The summed E-state index contributed by atoms with van der Waals surface area (Å²) in [6, 6.07) is 8.20. The third-order valence-corrected chi connectivity index (χ3v) is 8.35. The highest BCUT2D eigenvalue weighted by atomic mass is 16.5. The fraction of sp³-hybridized carbons (Fsp3) is 0.467. The number of carbonyl (C=O) groups excluding carboxylic acids is 3. The number of ether oxygens (including phenoxy) is 4. The Bertz CT molecular complexity index is 1540. The van der Waals surface area contributed by atoms with E-state index in [1.165, 1.54) is 7.11 Å². The predicted octanol–water partition coefficient (Wildman–Crippen LogP) is 2.44. The van der Waals surface area contributed by atoms with E-state index in [1.54, 1.807) is 55.5 Å². The van der Waals surface area contributed by atoms with Crippen molar-refractivity contribution in [1.29, 1.82) is 0 Å². The van der Waals surface area contributed by atoms with Gasteiger partial charge in [-0.3, -0.25) is 19.4 Å². The van der Waals surface area contributed by atoms with E-state index in [9.17, 15) is 14.4 Å². The van der Waals surface area contributed by atoms with Gasteiger partial charge in [0.15, 0.2) is 11.3 Å². The van der Waals surface area contributed by atoms with Crippen LogP contribution in [-0.4, -0.2) is 84.9 Å². The van der Waals surface area contributed by atoms with Crippen LogP contribution in [-0.2, 0) is 20.8 Å². The van der Waals surface area contributed by atoms with Crippen molar-refractivity contribution >= 4 is 28.7 Å². The zero-order valence-electron chi connectivity index (χ0n) is 24.0. The first kappa shape index (κ1) is 28.0. The minimum atomic E-state index is -1.36. The third kappa shape index (κ3) is 4.74. The largest absolute Gasteiger partial charge is 0.495 e. The molecule has 4 heterocycles. The molecule has 1 saturated carbocycles. The van der Waals surface area contributed by atoms with Gasteiger partial charge in [-0.1, -0.05) is 0 Å². The molecule has 3 aliphatic rings. The zero-order valence-corrected chi connectivity index (χ0v) is 24.0. The highest BCUT2D eigenvalue weighted by Gasteiger charge is 2.53. The Morgan fingerprint density at radius 2 is 1.93 bits per heavy atom. The van der Waals surface area contributed by atoms with E-state index in [4.69, 9.17) is 23.4 Å². The molecule has 1 unspecified atom stereocenters. The smallest absolute Gasteiger partial charge is 0.294 e. The number of benzene rings is 1. The Morgan fingerprint density at radius 3 is 2.62 bits per heavy atom. The summed E-state index contributed by atoms with van der Waals surface area (Å²) in [5, 5.41) is 6.44. The molecular formula is C30H34N4O8. The number of amides is 3. The number of hydrogen-bond acceptors (Lipinski definition) is 9. The number of pyridine rings is 1. The van der Waals surface area contributed by atoms with Crippen LogP contribution < -0.4 is 20.1 Å². The van der Waals surface area contributed by atoms with Crippen LogP contribution in [0.2, 0.25) is 0 Å². The van der Waals surface area contributed by atoms with Crippen LogP contribution in [0, 0.1) is 0 Å². The maximum absolute atomic E-state index is 14.2. The molecule has 3 amide bonds. The van der Waals surface area contributed by atoms with Gasteiger partial charge >= 0.3 is 0 Å². The summed E-state index contributed by atoms with van der Waals surface area (Å²) in [6.45, 7) is 4.49. The molecule has 222 valence electrons. The van der Waals surface area contributed by atoms with Gasteiger partial charge in [0.2, 0.25) is 11.7 Å². The van der Waals surface area contributed by atoms with Crippen LogP contribution in [0.1, 0.15) is 53.3 Å². The van der Waals surface area contributed by atoms with E-state index in [0.29, 0.717) is 54.0 Å². The quantitative estimate of drug-likeness (QED) is 0.412. The van der Waals surface area contributed by atoms with Crippen molar-refractivity contribution in [3.05, 3.63) is 53.5 Å². The van der Waals surface area contributed by atoms with Gasteiger partial charge in [-0.05, 0) is 57.0 Å². The number of carbonyl (C=O) groups is 3. The van der Waals surface area contributed by atoms with Crippen LogP contribution in [0.25, 0.3) is 11.0 Å². The second-order valence-electron chi connectivity index (χ2n) is 11.5. The number of furan rings is 1. The summed E-state index contributed by atoms with van der Waals surface area (Å²) in [5.74, 6) is -0.342. The van der Waals surface area contributed by atoms with Gasteiger partial charge in [0, 0.05) is 24.9 Å².